The first-order chi connectivity index (χ1) is 11.0. The highest BCUT2D eigenvalue weighted by Crippen LogP contribution is 2.17. The molecule has 23 heavy (non-hydrogen) atoms. The fourth-order valence-corrected chi connectivity index (χ4v) is 1.94. The molecule has 0 aliphatic rings. The monoisotopic (exact) mass is 315 g/mol. The van der Waals surface area contributed by atoms with Crippen LogP contribution in [0, 0.1) is 6.92 Å². The van der Waals surface area contributed by atoms with Crippen LogP contribution in [0.2, 0.25) is 0 Å². The molecule has 1 aromatic carbocycles. The molecule has 120 valence electrons. The van der Waals surface area contributed by atoms with Crippen molar-refractivity contribution < 1.29 is 19.1 Å². The molecule has 0 aliphatic carbocycles. The van der Waals surface area contributed by atoms with Crippen molar-refractivity contribution in [3.8, 4) is 5.75 Å². The van der Waals surface area contributed by atoms with Crippen molar-refractivity contribution in [2.45, 2.75) is 13.3 Å². The van der Waals surface area contributed by atoms with E-state index in [9.17, 15) is 14.7 Å². The normalized spacial score (nSPS) is 11.0. The number of ether oxygens (including phenoxy) is 1. The fraction of sp³-hybridized carbons (Fsp3) is 0.235. The number of carbonyl (C=O) groups is 1. The first-order valence-corrected chi connectivity index (χ1v) is 7.01. The lowest BCUT2D eigenvalue weighted by atomic mass is 10.1. The number of aryl methyl sites for hydroxylation is 1. The van der Waals surface area contributed by atoms with Gasteiger partial charge in [0.25, 0.3) is 0 Å². The summed E-state index contributed by atoms with van der Waals surface area (Å²) in [7, 11) is 1.54. The van der Waals surface area contributed by atoms with Crippen molar-refractivity contribution >= 4 is 17.7 Å². The van der Waals surface area contributed by atoms with Crippen LogP contribution in [0.5, 0.6) is 5.75 Å². The fourth-order valence-electron chi connectivity index (χ4n) is 1.94. The molecule has 0 aliphatic heterocycles. The maximum atomic E-state index is 11.8. The number of benzene rings is 1. The van der Waals surface area contributed by atoms with Crippen molar-refractivity contribution in [2.24, 2.45) is 4.99 Å². The summed E-state index contributed by atoms with van der Waals surface area (Å²) in [6.07, 6.45) is 1.56. The molecule has 0 unspecified atom stereocenters. The lowest BCUT2D eigenvalue weighted by Gasteiger charge is -2.01. The van der Waals surface area contributed by atoms with Crippen molar-refractivity contribution in [3.05, 3.63) is 57.6 Å². The molecule has 1 heterocycles. The van der Waals surface area contributed by atoms with Crippen LogP contribution in [0.1, 0.15) is 28.1 Å². The zero-order chi connectivity index (χ0) is 16.8. The Bertz CT molecular complexity index is 775. The van der Waals surface area contributed by atoms with Crippen LogP contribution < -0.4 is 5.63 Å². The molecule has 0 saturated carbocycles. The zero-order valence-electron chi connectivity index (χ0n) is 12.9. The average Bonchev–Trinajstić information content (AvgIpc) is 2.52. The van der Waals surface area contributed by atoms with Crippen molar-refractivity contribution in [1.82, 2.24) is 0 Å². The Balaban J connectivity index is 2.15. The Labute approximate surface area is 133 Å². The van der Waals surface area contributed by atoms with E-state index in [4.69, 9.17) is 9.15 Å². The molecule has 0 radical (unpaired) electrons. The van der Waals surface area contributed by atoms with Gasteiger partial charge in [0.2, 0.25) is 0 Å². The minimum absolute atomic E-state index is 0.0146. The van der Waals surface area contributed by atoms with E-state index < -0.39 is 5.63 Å². The van der Waals surface area contributed by atoms with Gasteiger partial charge in [0.15, 0.2) is 5.78 Å². The second-order valence-corrected chi connectivity index (χ2v) is 4.91. The smallest absolute Gasteiger partial charge is 0.348 e. The first kappa shape index (κ1) is 16.6. The molecule has 1 N–H and O–H groups in total. The molecule has 2 rings (SSSR count). The topological polar surface area (TPSA) is 89.1 Å². The maximum absolute atomic E-state index is 11.8. The summed E-state index contributed by atoms with van der Waals surface area (Å²) in [6.45, 7) is 1.95. The Kier molecular flexibility index (Phi) is 5.43. The van der Waals surface area contributed by atoms with Gasteiger partial charge >= 0.3 is 5.63 Å². The van der Waals surface area contributed by atoms with Gasteiger partial charge < -0.3 is 14.3 Å². The number of carbonyl (C=O) groups excluding carboxylic acids is 1. The van der Waals surface area contributed by atoms with E-state index in [0.29, 0.717) is 30.0 Å². The van der Waals surface area contributed by atoms with Crippen LogP contribution in [0.25, 0.3) is 0 Å². The highest BCUT2D eigenvalue weighted by molar-refractivity contribution is 5.96. The van der Waals surface area contributed by atoms with E-state index >= 15 is 0 Å². The Morgan fingerprint density at radius 2 is 2.04 bits per heavy atom. The van der Waals surface area contributed by atoms with Crippen molar-refractivity contribution in [1.29, 1.82) is 0 Å². The van der Waals surface area contributed by atoms with Crippen LogP contribution in [-0.2, 0) is 4.74 Å². The predicted molar refractivity (Wildman–Crippen MR) is 85.9 cm³/mol. The summed E-state index contributed by atoms with van der Waals surface area (Å²) < 4.78 is 9.77. The molecule has 0 spiro atoms. The van der Waals surface area contributed by atoms with Gasteiger partial charge in [-0.25, -0.2) is 4.79 Å². The van der Waals surface area contributed by atoms with Gasteiger partial charge in [-0.15, -0.1) is 0 Å². The largest absolute Gasteiger partial charge is 0.507 e. The van der Waals surface area contributed by atoms with E-state index in [1.54, 1.807) is 38.3 Å². The van der Waals surface area contributed by atoms with Crippen LogP contribution in [-0.4, -0.2) is 30.8 Å². The Morgan fingerprint density at radius 3 is 2.65 bits per heavy atom. The molecule has 0 atom stereocenters. The Morgan fingerprint density at radius 1 is 1.35 bits per heavy atom. The van der Waals surface area contributed by atoms with Gasteiger partial charge in [-0.1, -0.05) is 0 Å². The Hall–Kier alpha value is -2.73. The second kappa shape index (κ2) is 7.51. The van der Waals surface area contributed by atoms with Gasteiger partial charge in [0.05, 0.1) is 12.3 Å². The molecule has 0 saturated heterocycles. The summed E-state index contributed by atoms with van der Waals surface area (Å²) in [5.74, 6) is 0.122. The van der Waals surface area contributed by atoms with Crippen molar-refractivity contribution in [3.63, 3.8) is 0 Å². The number of hydrogen-bond acceptors (Lipinski definition) is 6. The second-order valence-electron chi connectivity index (χ2n) is 4.91. The maximum Gasteiger partial charge on any atom is 0.348 e. The summed E-state index contributed by atoms with van der Waals surface area (Å²) >= 11 is 0. The zero-order valence-corrected chi connectivity index (χ0v) is 12.9. The van der Waals surface area contributed by atoms with E-state index in [1.165, 1.54) is 12.3 Å². The first-order valence-electron chi connectivity index (χ1n) is 7.01. The van der Waals surface area contributed by atoms with Crippen LogP contribution >= 0.6 is 0 Å². The summed E-state index contributed by atoms with van der Waals surface area (Å²) in [5, 5.41) is 9.74. The van der Waals surface area contributed by atoms with E-state index in [2.05, 4.69) is 4.99 Å². The number of methoxy groups -OCH3 is 1. The number of ketones is 1. The van der Waals surface area contributed by atoms with E-state index in [-0.39, 0.29) is 17.1 Å². The van der Waals surface area contributed by atoms with E-state index in [0.717, 1.165) is 0 Å². The van der Waals surface area contributed by atoms with Crippen LogP contribution in [0.3, 0.4) is 0 Å². The number of hydrogen-bond donors (Lipinski definition) is 1. The van der Waals surface area contributed by atoms with Gasteiger partial charge in [-0.05, 0) is 31.2 Å². The highest BCUT2D eigenvalue weighted by Gasteiger charge is 2.07. The molecule has 0 amide bonds. The summed E-state index contributed by atoms with van der Waals surface area (Å²) in [6, 6.07) is 7.97. The standard InChI is InChI=1S/C17H17NO5/c1-11-9-16(20)14(17(21)23-11)10-18-13-5-3-12(4-6-13)15(19)7-8-22-2/h3-6,9-10,20H,7-8H2,1-2H3. The molecule has 0 bridgehead atoms. The number of aromatic hydroxyl groups is 1. The number of rotatable bonds is 6. The van der Waals surface area contributed by atoms with Crippen LogP contribution in [0.15, 0.2) is 44.5 Å². The predicted octanol–water partition coefficient (Wildman–Crippen LogP) is 2.62. The lowest BCUT2D eigenvalue weighted by Crippen LogP contribution is -2.07. The third-order valence-corrected chi connectivity index (χ3v) is 3.15. The highest BCUT2D eigenvalue weighted by atomic mass is 16.5. The number of aliphatic imine (C=N–C) groups is 1. The SMILES string of the molecule is COCCC(=O)c1ccc(N=Cc2c(O)cc(C)oc2=O)cc1. The lowest BCUT2D eigenvalue weighted by molar-refractivity contribution is 0.0932. The summed E-state index contributed by atoms with van der Waals surface area (Å²) in [5.41, 5.74) is 0.444. The minimum atomic E-state index is -0.655. The molecular formula is C17H17NO5. The molecule has 0 fully saturated rings. The van der Waals surface area contributed by atoms with Gasteiger partial charge in [0.1, 0.15) is 17.1 Å². The number of Topliss-reactive ketones (excluding diaryl/α,β-unsaturated/α-hetero) is 1. The van der Waals surface area contributed by atoms with E-state index in [1.807, 2.05) is 0 Å². The minimum Gasteiger partial charge on any atom is -0.507 e. The summed E-state index contributed by atoms with van der Waals surface area (Å²) in [4.78, 5) is 27.6. The van der Waals surface area contributed by atoms with Gasteiger partial charge in [0, 0.05) is 31.4 Å². The quantitative estimate of drug-likeness (QED) is 0.654. The van der Waals surface area contributed by atoms with Crippen LogP contribution in [0.4, 0.5) is 5.69 Å². The van der Waals surface area contributed by atoms with Crippen molar-refractivity contribution in [2.75, 3.05) is 13.7 Å². The molecule has 2 aromatic rings. The third kappa shape index (κ3) is 4.37. The number of nitrogens with zero attached hydrogens (tertiary/aromatic N) is 1. The average molecular weight is 315 g/mol. The third-order valence-electron chi connectivity index (χ3n) is 3.15. The molecule has 1 aromatic heterocycles. The molecule has 6 nitrogen and oxygen atoms in total. The van der Waals surface area contributed by atoms with Gasteiger partial charge in [-0.2, -0.15) is 0 Å². The van der Waals surface area contributed by atoms with Gasteiger partial charge in [-0.3, -0.25) is 9.79 Å². The molecular weight excluding hydrogens is 298 g/mol. The molecule has 6 heteroatoms.